The predicted octanol–water partition coefficient (Wildman–Crippen LogP) is 2.03. The minimum absolute atomic E-state index is 0.0389. The molecule has 0 bridgehead atoms. The molecule has 0 atom stereocenters. The van der Waals surface area contributed by atoms with Crippen LogP contribution in [0.2, 0.25) is 0 Å². The number of aliphatic carboxylic acids is 1. The van der Waals surface area contributed by atoms with E-state index in [4.69, 9.17) is 5.11 Å². The SMILES string of the molecule is CN(CC1CCC1)c1nnc(SCC(=O)O)n1C1CC1. The third kappa shape index (κ3) is 2.92. The first kappa shape index (κ1) is 13.7. The Morgan fingerprint density at radius 1 is 1.40 bits per heavy atom. The maximum atomic E-state index is 10.7. The fourth-order valence-electron chi connectivity index (χ4n) is 2.55. The van der Waals surface area contributed by atoms with Crippen molar-refractivity contribution >= 4 is 23.7 Å². The van der Waals surface area contributed by atoms with E-state index in [0.717, 1.165) is 36.4 Å². The van der Waals surface area contributed by atoms with Crippen molar-refractivity contribution in [2.45, 2.75) is 43.3 Å². The standard InChI is InChI=1S/C13H20N4O2S/c1-16(7-9-3-2-4-9)12-14-15-13(20-8-11(18)19)17(12)10-5-6-10/h9-10H,2-8H2,1H3,(H,18,19). The van der Waals surface area contributed by atoms with Crippen LogP contribution in [0.4, 0.5) is 5.95 Å². The van der Waals surface area contributed by atoms with E-state index in [2.05, 4.69) is 26.7 Å². The smallest absolute Gasteiger partial charge is 0.313 e. The summed E-state index contributed by atoms with van der Waals surface area (Å²) in [6.45, 7) is 1.02. The van der Waals surface area contributed by atoms with Crippen LogP contribution in [0.3, 0.4) is 0 Å². The van der Waals surface area contributed by atoms with Gasteiger partial charge in [-0.2, -0.15) is 0 Å². The lowest BCUT2D eigenvalue weighted by molar-refractivity contribution is -0.133. The van der Waals surface area contributed by atoms with Gasteiger partial charge in [0.2, 0.25) is 5.95 Å². The summed E-state index contributed by atoms with van der Waals surface area (Å²) in [5, 5.41) is 18.0. The molecule has 3 rings (SSSR count). The van der Waals surface area contributed by atoms with Crippen LogP contribution in [0.5, 0.6) is 0 Å². The van der Waals surface area contributed by atoms with Crippen LogP contribution in [-0.4, -0.2) is 45.2 Å². The van der Waals surface area contributed by atoms with Gasteiger partial charge in [0.1, 0.15) is 0 Å². The van der Waals surface area contributed by atoms with Gasteiger partial charge in [-0.3, -0.25) is 9.36 Å². The summed E-state index contributed by atoms with van der Waals surface area (Å²) in [5.41, 5.74) is 0. The molecule has 0 saturated heterocycles. The number of hydrogen-bond acceptors (Lipinski definition) is 5. The number of anilines is 1. The van der Waals surface area contributed by atoms with Crippen LogP contribution in [0.15, 0.2) is 5.16 Å². The van der Waals surface area contributed by atoms with Crippen molar-refractivity contribution in [2.24, 2.45) is 5.92 Å². The Morgan fingerprint density at radius 3 is 2.70 bits per heavy atom. The molecule has 0 spiro atoms. The van der Waals surface area contributed by atoms with Crippen LogP contribution in [-0.2, 0) is 4.79 Å². The minimum atomic E-state index is -0.815. The molecule has 0 aromatic carbocycles. The van der Waals surface area contributed by atoms with Gasteiger partial charge in [-0.15, -0.1) is 10.2 Å². The highest BCUT2D eigenvalue weighted by Gasteiger charge is 2.32. The lowest BCUT2D eigenvalue weighted by Crippen LogP contribution is -2.31. The normalized spacial score (nSPS) is 18.9. The molecule has 0 unspecified atom stereocenters. The van der Waals surface area contributed by atoms with Crippen molar-refractivity contribution in [3.63, 3.8) is 0 Å². The molecule has 2 aliphatic rings. The molecule has 1 aromatic rings. The van der Waals surface area contributed by atoms with Crippen LogP contribution in [0, 0.1) is 5.92 Å². The van der Waals surface area contributed by atoms with Crippen molar-refractivity contribution in [3.8, 4) is 0 Å². The average molecular weight is 296 g/mol. The van der Waals surface area contributed by atoms with E-state index in [1.807, 2.05) is 0 Å². The zero-order valence-corrected chi connectivity index (χ0v) is 12.5. The van der Waals surface area contributed by atoms with Gasteiger partial charge in [-0.25, -0.2) is 0 Å². The van der Waals surface area contributed by atoms with E-state index in [9.17, 15) is 4.79 Å². The lowest BCUT2D eigenvalue weighted by Gasteiger charge is -2.30. The van der Waals surface area contributed by atoms with Crippen LogP contribution in [0.25, 0.3) is 0 Å². The Labute approximate surface area is 122 Å². The number of carboxylic acid groups (broad SMARTS) is 1. The number of hydrogen-bond donors (Lipinski definition) is 1. The second-order valence-corrected chi connectivity index (χ2v) is 6.69. The number of aromatic nitrogens is 3. The van der Waals surface area contributed by atoms with Gasteiger partial charge in [0.25, 0.3) is 0 Å². The van der Waals surface area contributed by atoms with Crippen LogP contribution < -0.4 is 4.90 Å². The maximum Gasteiger partial charge on any atom is 0.313 e. The molecule has 6 nitrogen and oxygen atoms in total. The van der Waals surface area contributed by atoms with Crippen molar-refractivity contribution in [1.82, 2.24) is 14.8 Å². The number of thioether (sulfide) groups is 1. The summed E-state index contributed by atoms with van der Waals surface area (Å²) in [6, 6.07) is 0.458. The van der Waals surface area contributed by atoms with Gasteiger partial charge in [-0.1, -0.05) is 18.2 Å². The number of carboxylic acids is 1. The summed E-state index contributed by atoms with van der Waals surface area (Å²) < 4.78 is 2.13. The van der Waals surface area contributed by atoms with E-state index >= 15 is 0 Å². The van der Waals surface area contributed by atoms with E-state index in [1.165, 1.54) is 31.0 Å². The summed E-state index contributed by atoms with van der Waals surface area (Å²) in [6.07, 6.45) is 6.24. The molecule has 1 N–H and O–H groups in total. The third-order valence-electron chi connectivity index (χ3n) is 3.98. The Bertz CT molecular complexity index is 497. The molecule has 2 aliphatic carbocycles. The van der Waals surface area contributed by atoms with Gasteiger partial charge in [0, 0.05) is 19.6 Å². The van der Waals surface area contributed by atoms with Crippen molar-refractivity contribution in [3.05, 3.63) is 0 Å². The molecule has 20 heavy (non-hydrogen) atoms. The average Bonchev–Trinajstić information content (AvgIpc) is 3.11. The quantitative estimate of drug-likeness (QED) is 0.776. The van der Waals surface area contributed by atoms with E-state index in [0.29, 0.717) is 6.04 Å². The van der Waals surface area contributed by atoms with Gasteiger partial charge in [0.15, 0.2) is 5.16 Å². The van der Waals surface area contributed by atoms with Gasteiger partial charge < -0.3 is 10.0 Å². The summed E-state index contributed by atoms with van der Waals surface area (Å²) >= 11 is 1.26. The molecule has 2 saturated carbocycles. The molecule has 7 heteroatoms. The van der Waals surface area contributed by atoms with Crippen LogP contribution in [0.1, 0.15) is 38.1 Å². The first-order valence-electron chi connectivity index (χ1n) is 7.15. The zero-order valence-electron chi connectivity index (χ0n) is 11.7. The number of nitrogens with zero attached hydrogens (tertiary/aromatic N) is 4. The highest BCUT2D eigenvalue weighted by atomic mass is 32.2. The molecule has 110 valence electrons. The van der Waals surface area contributed by atoms with E-state index in [-0.39, 0.29) is 5.75 Å². The monoisotopic (exact) mass is 296 g/mol. The first-order chi connectivity index (χ1) is 9.65. The molecule has 1 aromatic heterocycles. The molecule has 0 aliphatic heterocycles. The van der Waals surface area contributed by atoms with Crippen molar-refractivity contribution < 1.29 is 9.90 Å². The highest BCUT2D eigenvalue weighted by Crippen LogP contribution is 2.41. The largest absolute Gasteiger partial charge is 0.481 e. The number of rotatable bonds is 7. The first-order valence-corrected chi connectivity index (χ1v) is 8.14. The molecular formula is C13H20N4O2S. The Hall–Kier alpha value is -1.24. The predicted molar refractivity (Wildman–Crippen MR) is 77.3 cm³/mol. The molecule has 2 fully saturated rings. The molecule has 0 radical (unpaired) electrons. The Balaban J connectivity index is 1.73. The van der Waals surface area contributed by atoms with Gasteiger partial charge >= 0.3 is 5.97 Å². The Kier molecular flexibility index (Phi) is 3.87. The highest BCUT2D eigenvalue weighted by molar-refractivity contribution is 7.99. The van der Waals surface area contributed by atoms with Crippen molar-refractivity contribution in [2.75, 3.05) is 24.2 Å². The fraction of sp³-hybridized carbons (Fsp3) is 0.769. The topological polar surface area (TPSA) is 71.2 Å². The third-order valence-corrected chi connectivity index (χ3v) is 4.91. The summed E-state index contributed by atoms with van der Waals surface area (Å²) in [7, 11) is 2.06. The lowest BCUT2D eigenvalue weighted by atomic mass is 9.85. The summed E-state index contributed by atoms with van der Waals surface area (Å²) in [4.78, 5) is 12.9. The zero-order chi connectivity index (χ0) is 14.1. The van der Waals surface area contributed by atoms with Crippen LogP contribution >= 0.6 is 11.8 Å². The fourth-order valence-corrected chi connectivity index (χ4v) is 3.27. The summed E-state index contributed by atoms with van der Waals surface area (Å²) in [5.74, 6) is 0.897. The molecule has 0 amide bonds. The minimum Gasteiger partial charge on any atom is -0.481 e. The van der Waals surface area contributed by atoms with Crippen molar-refractivity contribution in [1.29, 1.82) is 0 Å². The maximum absolute atomic E-state index is 10.7. The van der Waals surface area contributed by atoms with E-state index < -0.39 is 5.97 Å². The Morgan fingerprint density at radius 2 is 2.15 bits per heavy atom. The van der Waals surface area contributed by atoms with Gasteiger partial charge in [0.05, 0.1) is 5.75 Å². The van der Waals surface area contributed by atoms with Gasteiger partial charge in [-0.05, 0) is 31.6 Å². The molecule has 1 heterocycles. The second-order valence-electron chi connectivity index (χ2n) is 5.74. The van der Waals surface area contributed by atoms with E-state index in [1.54, 1.807) is 0 Å². The second kappa shape index (κ2) is 5.63. The molecular weight excluding hydrogens is 276 g/mol. The number of carbonyl (C=O) groups is 1.